The van der Waals surface area contributed by atoms with Gasteiger partial charge in [0.2, 0.25) is 0 Å². The third-order valence-corrected chi connectivity index (χ3v) is 5.50. The van der Waals surface area contributed by atoms with Gasteiger partial charge in [-0.25, -0.2) is 9.97 Å². The van der Waals surface area contributed by atoms with Crippen molar-refractivity contribution in [1.82, 2.24) is 19.7 Å². The van der Waals surface area contributed by atoms with E-state index in [1.165, 1.54) is 5.56 Å². The van der Waals surface area contributed by atoms with E-state index in [0.29, 0.717) is 0 Å². The van der Waals surface area contributed by atoms with E-state index in [-0.39, 0.29) is 6.04 Å². The van der Waals surface area contributed by atoms with Crippen LogP contribution in [0, 0.1) is 13.8 Å². The highest BCUT2D eigenvalue weighted by Gasteiger charge is 2.11. The van der Waals surface area contributed by atoms with Gasteiger partial charge in [0.25, 0.3) is 0 Å². The first kappa shape index (κ1) is 20.1. The molecule has 0 amide bonds. The molecule has 0 saturated heterocycles. The van der Waals surface area contributed by atoms with Gasteiger partial charge < -0.3 is 5.32 Å². The normalized spacial score (nSPS) is 12.0. The number of hydrogen-bond donors (Lipinski definition) is 1. The fraction of sp³-hybridized carbons (Fsp3) is 0.208. The van der Waals surface area contributed by atoms with Gasteiger partial charge in [-0.1, -0.05) is 35.9 Å². The van der Waals surface area contributed by atoms with Gasteiger partial charge in [0, 0.05) is 41.5 Å². The molecule has 1 unspecified atom stereocenters. The molecule has 30 heavy (non-hydrogen) atoms. The fourth-order valence-corrected chi connectivity index (χ4v) is 3.57. The number of anilines is 1. The monoisotopic (exact) mass is 417 g/mol. The van der Waals surface area contributed by atoms with Crippen LogP contribution in [0.5, 0.6) is 0 Å². The Morgan fingerprint density at radius 3 is 2.53 bits per heavy atom. The molecule has 0 aliphatic heterocycles. The third kappa shape index (κ3) is 4.36. The molecule has 0 saturated carbocycles. The van der Waals surface area contributed by atoms with Crippen molar-refractivity contribution in [3.05, 3.63) is 82.9 Å². The maximum atomic E-state index is 6.18. The van der Waals surface area contributed by atoms with E-state index < -0.39 is 0 Å². The summed E-state index contributed by atoms with van der Waals surface area (Å²) >= 11 is 6.18. The first-order chi connectivity index (χ1) is 14.4. The van der Waals surface area contributed by atoms with Crippen LogP contribution < -0.4 is 5.32 Å². The number of halogens is 1. The zero-order valence-corrected chi connectivity index (χ0v) is 18.3. The van der Waals surface area contributed by atoms with Gasteiger partial charge in [0.1, 0.15) is 11.6 Å². The van der Waals surface area contributed by atoms with Crippen LogP contribution in [0.1, 0.15) is 29.9 Å². The summed E-state index contributed by atoms with van der Waals surface area (Å²) in [5.41, 5.74) is 6.35. The van der Waals surface area contributed by atoms with Gasteiger partial charge in [-0.15, -0.1) is 0 Å². The van der Waals surface area contributed by atoms with Crippen molar-refractivity contribution in [2.75, 3.05) is 5.32 Å². The number of hydrogen-bond acceptors (Lipinski definition) is 4. The lowest BCUT2D eigenvalue weighted by molar-refractivity contribution is 0.768. The van der Waals surface area contributed by atoms with E-state index in [1.54, 1.807) is 0 Å². The van der Waals surface area contributed by atoms with E-state index >= 15 is 0 Å². The minimum absolute atomic E-state index is 0.0794. The maximum Gasteiger partial charge on any atom is 0.130 e. The molecule has 1 N–H and O–H groups in total. The molecule has 2 heterocycles. The highest BCUT2D eigenvalue weighted by Crippen LogP contribution is 2.28. The second-order valence-corrected chi connectivity index (χ2v) is 7.95. The average Bonchev–Trinajstić information content (AvgIpc) is 3.16. The topological polar surface area (TPSA) is 55.6 Å². The summed E-state index contributed by atoms with van der Waals surface area (Å²) in [6.07, 6.45) is 3.90. The number of nitrogens with one attached hydrogen (secondary N) is 1. The third-order valence-electron chi connectivity index (χ3n) is 5.08. The standard InChI is InChI=1S/C24H24ClN5/c1-15-10-20(8-9-22(15)25)23-12-24(29-17(3)28-23)27-16(2)18-6-5-7-19(11-18)21-13-26-30(4)14-21/h5-14,16H,1-4H3,(H,27,28,29). The van der Waals surface area contributed by atoms with Gasteiger partial charge in [-0.3, -0.25) is 4.68 Å². The summed E-state index contributed by atoms with van der Waals surface area (Å²) in [7, 11) is 1.93. The molecule has 4 aromatic rings. The Hall–Kier alpha value is -3.18. The molecule has 0 radical (unpaired) electrons. The summed E-state index contributed by atoms with van der Waals surface area (Å²) < 4.78 is 1.81. The minimum atomic E-state index is 0.0794. The molecule has 152 valence electrons. The van der Waals surface area contributed by atoms with Crippen LogP contribution in [-0.4, -0.2) is 19.7 Å². The van der Waals surface area contributed by atoms with E-state index in [0.717, 1.165) is 44.6 Å². The largest absolute Gasteiger partial charge is 0.363 e. The number of aromatic nitrogens is 4. The van der Waals surface area contributed by atoms with Gasteiger partial charge in [-0.05, 0) is 55.7 Å². The molecule has 0 bridgehead atoms. The fourth-order valence-electron chi connectivity index (χ4n) is 3.46. The maximum absolute atomic E-state index is 6.18. The molecule has 0 aliphatic rings. The Bertz CT molecular complexity index is 1200. The van der Waals surface area contributed by atoms with Gasteiger partial charge in [0.05, 0.1) is 11.9 Å². The Balaban J connectivity index is 1.60. The molecular weight excluding hydrogens is 394 g/mol. The predicted octanol–water partition coefficient (Wildman–Crippen LogP) is 5.99. The molecule has 4 rings (SSSR count). The Morgan fingerprint density at radius 1 is 0.967 bits per heavy atom. The predicted molar refractivity (Wildman–Crippen MR) is 123 cm³/mol. The molecule has 1 atom stereocenters. The summed E-state index contributed by atoms with van der Waals surface area (Å²) in [6.45, 7) is 6.04. The summed E-state index contributed by atoms with van der Waals surface area (Å²) in [5.74, 6) is 1.52. The van der Waals surface area contributed by atoms with Crippen LogP contribution in [0.2, 0.25) is 5.02 Å². The zero-order chi connectivity index (χ0) is 21.3. The van der Waals surface area contributed by atoms with Crippen LogP contribution in [0.25, 0.3) is 22.4 Å². The molecular formula is C24H24ClN5. The molecule has 2 aromatic heterocycles. The molecule has 0 fully saturated rings. The lowest BCUT2D eigenvalue weighted by Crippen LogP contribution is -2.09. The van der Waals surface area contributed by atoms with Gasteiger partial charge in [-0.2, -0.15) is 5.10 Å². The molecule has 6 heteroatoms. The first-order valence-electron chi connectivity index (χ1n) is 9.87. The molecule has 0 aliphatic carbocycles. The van der Waals surface area contributed by atoms with Crippen molar-refractivity contribution >= 4 is 17.4 Å². The Labute approximate surface area is 181 Å². The van der Waals surface area contributed by atoms with Gasteiger partial charge in [0.15, 0.2) is 0 Å². The number of aryl methyl sites for hydroxylation is 3. The SMILES string of the molecule is Cc1nc(NC(C)c2cccc(-c3cnn(C)c3)c2)cc(-c2ccc(Cl)c(C)c2)n1. The number of benzene rings is 2. The quantitative estimate of drug-likeness (QED) is 0.433. The molecule has 0 spiro atoms. The van der Waals surface area contributed by atoms with Crippen LogP contribution in [0.4, 0.5) is 5.82 Å². The van der Waals surface area contributed by atoms with E-state index in [9.17, 15) is 0 Å². The summed E-state index contributed by atoms with van der Waals surface area (Å²) in [4.78, 5) is 9.19. The zero-order valence-electron chi connectivity index (χ0n) is 17.5. The van der Waals surface area contributed by atoms with E-state index in [1.807, 2.05) is 56.2 Å². The lowest BCUT2D eigenvalue weighted by Gasteiger charge is -2.17. The van der Waals surface area contributed by atoms with Crippen LogP contribution in [0.3, 0.4) is 0 Å². The van der Waals surface area contributed by atoms with Crippen LogP contribution in [0.15, 0.2) is 60.9 Å². The van der Waals surface area contributed by atoms with Crippen molar-refractivity contribution < 1.29 is 0 Å². The molecule has 5 nitrogen and oxygen atoms in total. The second kappa shape index (κ2) is 8.28. The average molecular weight is 418 g/mol. The van der Waals surface area contributed by atoms with E-state index in [4.69, 9.17) is 11.6 Å². The van der Waals surface area contributed by atoms with E-state index in [2.05, 4.69) is 57.6 Å². The van der Waals surface area contributed by atoms with Gasteiger partial charge >= 0.3 is 0 Å². The van der Waals surface area contributed by atoms with Crippen molar-refractivity contribution in [3.63, 3.8) is 0 Å². The highest BCUT2D eigenvalue weighted by atomic mass is 35.5. The lowest BCUT2D eigenvalue weighted by atomic mass is 10.0. The first-order valence-corrected chi connectivity index (χ1v) is 10.2. The molecule has 2 aromatic carbocycles. The number of rotatable bonds is 5. The van der Waals surface area contributed by atoms with Crippen molar-refractivity contribution in [1.29, 1.82) is 0 Å². The van der Waals surface area contributed by atoms with Crippen molar-refractivity contribution in [2.45, 2.75) is 26.8 Å². The Kier molecular flexibility index (Phi) is 5.55. The Morgan fingerprint density at radius 2 is 1.80 bits per heavy atom. The summed E-state index contributed by atoms with van der Waals surface area (Å²) in [5, 5.41) is 8.55. The van der Waals surface area contributed by atoms with Crippen LogP contribution >= 0.6 is 11.6 Å². The number of nitrogens with zero attached hydrogens (tertiary/aromatic N) is 4. The van der Waals surface area contributed by atoms with Crippen molar-refractivity contribution in [3.8, 4) is 22.4 Å². The van der Waals surface area contributed by atoms with Crippen LogP contribution in [-0.2, 0) is 7.05 Å². The smallest absolute Gasteiger partial charge is 0.130 e. The summed E-state index contributed by atoms with van der Waals surface area (Å²) in [6, 6.07) is 16.5. The second-order valence-electron chi connectivity index (χ2n) is 7.54. The van der Waals surface area contributed by atoms with Crippen molar-refractivity contribution in [2.24, 2.45) is 7.05 Å². The highest BCUT2D eigenvalue weighted by molar-refractivity contribution is 6.31. The minimum Gasteiger partial charge on any atom is -0.363 e.